The first-order chi connectivity index (χ1) is 13.7. The molecule has 0 bridgehead atoms. The summed E-state index contributed by atoms with van der Waals surface area (Å²) in [6.45, 7) is 3.54. The van der Waals surface area contributed by atoms with Crippen molar-refractivity contribution >= 4 is 35.8 Å². The Morgan fingerprint density at radius 3 is 2.62 bits per heavy atom. The molecule has 1 aromatic heterocycles. The molecule has 29 heavy (non-hydrogen) atoms. The van der Waals surface area contributed by atoms with E-state index in [-0.39, 0.29) is 35.2 Å². The van der Waals surface area contributed by atoms with E-state index in [2.05, 4.69) is 31.6 Å². The molecule has 156 valence electrons. The Balaban J connectivity index is 0.00000240. The van der Waals surface area contributed by atoms with Gasteiger partial charge in [0.1, 0.15) is 11.6 Å². The highest BCUT2D eigenvalue weighted by Crippen LogP contribution is 2.48. The van der Waals surface area contributed by atoms with Crippen LogP contribution in [0.25, 0.3) is 0 Å². The lowest BCUT2D eigenvalue weighted by Crippen LogP contribution is -2.41. The molecule has 0 atom stereocenters. The fourth-order valence-electron chi connectivity index (χ4n) is 3.93. The fraction of sp³-hybridized carbons (Fsp3) is 0.455. The van der Waals surface area contributed by atoms with Gasteiger partial charge in [-0.15, -0.1) is 24.0 Å². The van der Waals surface area contributed by atoms with Crippen molar-refractivity contribution in [1.82, 2.24) is 15.6 Å². The summed E-state index contributed by atoms with van der Waals surface area (Å²) < 4.78 is 14.2. The summed E-state index contributed by atoms with van der Waals surface area (Å²) in [5.74, 6) is 1.68. The van der Waals surface area contributed by atoms with Crippen LogP contribution in [0.1, 0.15) is 36.8 Å². The Morgan fingerprint density at radius 1 is 1.17 bits per heavy atom. The van der Waals surface area contributed by atoms with E-state index in [4.69, 9.17) is 0 Å². The molecule has 7 heteroatoms. The summed E-state index contributed by atoms with van der Waals surface area (Å²) >= 11 is 0. The first-order valence-electron chi connectivity index (χ1n) is 10.1. The number of aliphatic imine (C=N–C) groups is 1. The van der Waals surface area contributed by atoms with E-state index >= 15 is 0 Å². The number of hydrogen-bond acceptors (Lipinski definition) is 3. The molecule has 5 nitrogen and oxygen atoms in total. The molecule has 1 aliphatic heterocycles. The molecule has 4 rings (SSSR count). The molecule has 2 fully saturated rings. The van der Waals surface area contributed by atoms with Crippen molar-refractivity contribution in [3.63, 3.8) is 0 Å². The molecule has 1 saturated heterocycles. The topological polar surface area (TPSA) is 52.6 Å². The van der Waals surface area contributed by atoms with E-state index in [1.807, 2.05) is 24.4 Å². The largest absolute Gasteiger partial charge is 0.357 e. The Morgan fingerprint density at radius 2 is 1.93 bits per heavy atom. The summed E-state index contributed by atoms with van der Waals surface area (Å²) in [6, 6.07) is 11.3. The number of aromatic nitrogens is 1. The number of rotatable bonds is 6. The Kier molecular flexibility index (Phi) is 7.32. The third-order valence-electron chi connectivity index (χ3n) is 5.82. The van der Waals surface area contributed by atoms with Crippen LogP contribution in [0.15, 0.2) is 47.6 Å². The number of pyridine rings is 1. The van der Waals surface area contributed by atoms with E-state index in [9.17, 15) is 4.39 Å². The van der Waals surface area contributed by atoms with Crippen LogP contribution in [0.3, 0.4) is 0 Å². The first kappa shape index (κ1) is 21.8. The molecule has 2 aliphatic rings. The van der Waals surface area contributed by atoms with Gasteiger partial charge in [-0.1, -0.05) is 18.2 Å². The Labute approximate surface area is 189 Å². The van der Waals surface area contributed by atoms with Gasteiger partial charge >= 0.3 is 0 Å². The molecule has 1 saturated carbocycles. The van der Waals surface area contributed by atoms with Crippen molar-refractivity contribution in [3.05, 3.63) is 59.5 Å². The van der Waals surface area contributed by atoms with Gasteiger partial charge in [0, 0.05) is 44.8 Å². The summed E-state index contributed by atoms with van der Waals surface area (Å²) in [4.78, 5) is 11.2. The van der Waals surface area contributed by atoms with Crippen LogP contribution < -0.4 is 15.5 Å². The van der Waals surface area contributed by atoms with Crippen molar-refractivity contribution in [2.45, 2.75) is 37.6 Å². The van der Waals surface area contributed by atoms with Gasteiger partial charge in [0.05, 0.1) is 0 Å². The lowest BCUT2D eigenvalue weighted by atomic mass is 9.95. The maximum atomic E-state index is 14.2. The second kappa shape index (κ2) is 9.73. The Hall–Kier alpha value is -1.90. The monoisotopic (exact) mass is 509 g/mol. The minimum Gasteiger partial charge on any atom is -0.357 e. The van der Waals surface area contributed by atoms with E-state index in [1.54, 1.807) is 19.2 Å². The first-order valence-corrected chi connectivity index (χ1v) is 10.1. The van der Waals surface area contributed by atoms with E-state index in [1.165, 1.54) is 18.4 Å². The Bertz CT molecular complexity index is 847. The number of hydrogen-bond donors (Lipinski definition) is 2. The molecule has 1 aliphatic carbocycles. The maximum Gasteiger partial charge on any atom is 0.191 e. The van der Waals surface area contributed by atoms with Crippen LogP contribution in [0.4, 0.5) is 10.2 Å². The normalized spacial score (nSPS) is 17.6. The minimum atomic E-state index is -0.115. The molecular weight excluding hydrogens is 480 g/mol. The predicted molar refractivity (Wildman–Crippen MR) is 127 cm³/mol. The second-order valence-corrected chi connectivity index (χ2v) is 7.76. The van der Waals surface area contributed by atoms with E-state index in [0.29, 0.717) is 13.1 Å². The summed E-state index contributed by atoms with van der Waals surface area (Å²) in [5, 5.41) is 6.75. The summed E-state index contributed by atoms with van der Waals surface area (Å²) in [5.41, 5.74) is 1.88. The standard InChI is InChI=1S/C22H28FN5.HI/c1-24-21(27-16-22(9-10-22)18-6-2-3-7-19(18)23)26-15-17-8-11-25-20(14-17)28-12-4-5-13-28;/h2-3,6-8,11,14H,4-5,9-10,12-13,15-16H2,1H3,(H2,24,26,27);1H. The molecule has 2 heterocycles. The quantitative estimate of drug-likeness (QED) is 0.353. The molecule has 0 spiro atoms. The van der Waals surface area contributed by atoms with Gasteiger partial charge in [0.25, 0.3) is 0 Å². The maximum absolute atomic E-state index is 14.2. The van der Waals surface area contributed by atoms with Crippen molar-refractivity contribution in [1.29, 1.82) is 0 Å². The van der Waals surface area contributed by atoms with Gasteiger partial charge in [0.15, 0.2) is 5.96 Å². The van der Waals surface area contributed by atoms with Crippen LogP contribution in [0, 0.1) is 5.82 Å². The fourth-order valence-corrected chi connectivity index (χ4v) is 3.93. The zero-order valence-electron chi connectivity index (χ0n) is 16.8. The van der Waals surface area contributed by atoms with Gasteiger partial charge < -0.3 is 15.5 Å². The minimum absolute atomic E-state index is 0. The van der Waals surface area contributed by atoms with Crippen LogP contribution in [0.2, 0.25) is 0 Å². The van der Waals surface area contributed by atoms with Crippen LogP contribution >= 0.6 is 24.0 Å². The molecular formula is C22H29FIN5. The number of guanidine groups is 1. The third kappa shape index (κ3) is 5.18. The molecule has 1 aromatic carbocycles. The zero-order chi connectivity index (χ0) is 19.4. The van der Waals surface area contributed by atoms with Gasteiger partial charge in [-0.25, -0.2) is 9.37 Å². The number of nitrogens with one attached hydrogen (secondary N) is 2. The van der Waals surface area contributed by atoms with Crippen molar-refractivity contribution in [2.75, 3.05) is 31.6 Å². The van der Waals surface area contributed by atoms with E-state index < -0.39 is 0 Å². The van der Waals surface area contributed by atoms with Crippen molar-refractivity contribution in [3.8, 4) is 0 Å². The highest BCUT2D eigenvalue weighted by Gasteiger charge is 2.45. The number of benzene rings is 1. The summed E-state index contributed by atoms with van der Waals surface area (Å²) in [7, 11) is 1.76. The van der Waals surface area contributed by atoms with Gasteiger partial charge in [0.2, 0.25) is 0 Å². The molecule has 0 amide bonds. The van der Waals surface area contributed by atoms with Crippen LogP contribution in [0.5, 0.6) is 0 Å². The smallest absolute Gasteiger partial charge is 0.191 e. The van der Waals surface area contributed by atoms with Gasteiger partial charge in [-0.3, -0.25) is 4.99 Å². The summed E-state index contributed by atoms with van der Waals surface area (Å²) in [6.07, 6.45) is 6.36. The predicted octanol–water partition coefficient (Wildman–Crippen LogP) is 3.84. The lowest BCUT2D eigenvalue weighted by Gasteiger charge is -2.20. The zero-order valence-corrected chi connectivity index (χ0v) is 19.2. The highest BCUT2D eigenvalue weighted by atomic mass is 127. The van der Waals surface area contributed by atoms with Crippen LogP contribution in [-0.4, -0.2) is 37.6 Å². The molecule has 0 unspecified atom stereocenters. The van der Waals surface area contributed by atoms with E-state index in [0.717, 1.165) is 43.3 Å². The van der Waals surface area contributed by atoms with Gasteiger partial charge in [-0.05, 0) is 55.0 Å². The number of anilines is 1. The molecule has 2 N–H and O–H groups in total. The number of nitrogens with zero attached hydrogens (tertiary/aromatic N) is 3. The lowest BCUT2D eigenvalue weighted by molar-refractivity contribution is 0.559. The molecule has 0 radical (unpaired) electrons. The van der Waals surface area contributed by atoms with Crippen molar-refractivity contribution < 1.29 is 4.39 Å². The van der Waals surface area contributed by atoms with Crippen LogP contribution in [-0.2, 0) is 12.0 Å². The average Bonchev–Trinajstić information content (AvgIpc) is 3.30. The highest BCUT2D eigenvalue weighted by molar-refractivity contribution is 14.0. The third-order valence-corrected chi connectivity index (χ3v) is 5.82. The van der Waals surface area contributed by atoms with Crippen molar-refractivity contribution in [2.24, 2.45) is 4.99 Å². The molecule has 2 aromatic rings. The average molecular weight is 509 g/mol. The SMILES string of the molecule is CN=C(NCc1ccnc(N2CCCC2)c1)NCC1(c2ccccc2F)CC1.I. The number of halogens is 2. The van der Waals surface area contributed by atoms with Gasteiger partial charge in [-0.2, -0.15) is 0 Å². The second-order valence-electron chi connectivity index (χ2n) is 7.76.